The van der Waals surface area contributed by atoms with Crippen molar-refractivity contribution in [1.82, 2.24) is 20.0 Å². The molecule has 1 aliphatic rings. The Labute approximate surface area is 166 Å². The van der Waals surface area contributed by atoms with Crippen LogP contribution in [0.5, 0.6) is 0 Å². The van der Waals surface area contributed by atoms with E-state index < -0.39 is 0 Å². The van der Waals surface area contributed by atoms with Crippen molar-refractivity contribution >= 4 is 28.1 Å². The van der Waals surface area contributed by atoms with E-state index in [1.165, 1.54) is 0 Å². The van der Waals surface area contributed by atoms with Gasteiger partial charge in [-0.1, -0.05) is 5.16 Å². The van der Waals surface area contributed by atoms with Crippen LogP contribution in [0.2, 0.25) is 0 Å². The SMILES string of the molecule is O=C(c1ccc2[nH]ccc2c1)N1CCC[C@@H](Cc2nc(-c3ccsc3)no2)C1. The van der Waals surface area contributed by atoms with Gasteiger partial charge in [0.15, 0.2) is 0 Å². The van der Waals surface area contributed by atoms with E-state index in [4.69, 9.17) is 4.52 Å². The minimum absolute atomic E-state index is 0.0947. The fraction of sp³-hybridized carbons (Fsp3) is 0.286. The summed E-state index contributed by atoms with van der Waals surface area (Å²) in [6.07, 6.45) is 4.66. The third-order valence-electron chi connectivity index (χ3n) is 5.32. The molecule has 0 radical (unpaired) electrons. The molecule has 1 amide bonds. The number of aromatic nitrogens is 3. The van der Waals surface area contributed by atoms with Crippen LogP contribution in [0.15, 0.2) is 51.8 Å². The van der Waals surface area contributed by atoms with Crippen LogP contribution in [-0.4, -0.2) is 39.0 Å². The molecule has 3 aromatic heterocycles. The van der Waals surface area contributed by atoms with E-state index >= 15 is 0 Å². The number of nitrogens with one attached hydrogen (secondary N) is 1. The van der Waals surface area contributed by atoms with Gasteiger partial charge >= 0.3 is 0 Å². The number of carbonyl (C=O) groups is 1. The Morgan fingerprint density at radius 2 is 2.29 bits per heavy atom. The highest BCUT2D eigenvalue weighted by Crippen LogP contribution is 2.25. The lowest BCUT2D eigenvalue weighted by atomic mass is 9.94. The number of hydrogen-bond donors (Lipinski definition) is 1. The maximum Gasteiger partial charge on any atom is 0.253 e. The Hall–Kier alpha value is -2.93. The van der Waals surface area contributed by atoms with Crippen molar-refractivity contribution < 1.29 is 9.32 Å². The molecule has 4 heterocycles. The number of nitrogens with zero attached hydrogens (tertiary/aromatic N) is 3. The molecule has 0 saturated carbocycles. The zero-order valence-corrected chi connectivity index (χ0v) is 16.1. The molecule has 5 rings (SSSR count). The predicted octanol–water partition coefficient (Wildman–Crippen LogP) is 4.37. The fourth-order valence-electron chi connectivity index (χ4n) is 3.88. The van der Waals surface area contributed by atoms with Gasteiger partial charge < -0.3 is 14.4 Å². The first-order valence-electron chi connectivity index (χ1n) is 9.48. The summed E-state index contributed by atoms with van der Waals surface area (Å²) in [5.74, 6) is 1.72. The number of H-pyrrole nitrogens is 1. The summed E-state index contributed by atoms with van der Waals surface area (Å²) >= 11 is 1.61. The highest BCUT2D eigenvalue weighted by Gasteiger charge is 2.26. The van der Waals surface area contributed by atoms with E-state index in [1.54, 1.807) is 11.3 Å². The first kappa shape index (κ1) is 17.2. The molecule has 28 heavy (non-hydrogen) atoms. The second-order valence-electron chi connectivity index (χ2n) is 7.27. The number of piperidine rings is 1. The summed E-state index contributed by atoms with van der Waals surface area (Å²) in [5.41, 5.74) is 2.77. The van der Waals surface area contributed by atoms with Crippen LogP contribution >= 0.6 is 11.3 Å². The fourth-order valence-corrected chi connectivity index (χ4v) is 4.51. The predicted molar refractivity (Wildman–Crippen MR) is 108 cm³/mol. The van der Waals surface area contributed by atoms with Gasteiger partial charge in [-0.3, -0.25) is 4.79 Å². The minimum Gasteiger partial charge on any atom is -0.361 e. The van der Waals surface area contributed by atoms with Crippen LogP contribution in [0.25, 0.3) is 22.3 Å². The molecular weight excluding hydrogens is 372 g/mol. The summed E-state index contributed by atoms with van der Waals surface area (Å²) in [6.45, 7) is 1.52. The van der Waals surface area contributed by atoms with Crippen molar-refractivity contribution in [3.05, 3.63) is 58.7 Å². The lowest BCUT2D eigenvalue weighted by Crippen LogP contribution is -2.40. The normalized spacial score (nSPS) is 17.3. The molecule has 142 valence electrons. The van der Waals surface area contributed by atoms with Crippen molar-refractivity contribution in [3.63, 3.8) is 0 Å². The first-order valence-corrected chi connectivity index (χ1v) is 10.4. The standard InChI is InChI=1S/C21H20N4O2S/c26-21(16-3-4-18-15(11-16)5-7-22-18)25-8-1-2-14(12-25)10-19-23-20(24-27-19)17-6-9-28-13-17/h3-7,9,11,13-14,22H,1-2,8,10,12H2/t14-/m0/s1. The average Bonchev–Trinajstić information content (AvgIpc) is 3.47. The zero-order valence-electron chi connectivity index (χ0n) is 15.3. The highest BCUT2D eigenvalue weighted by atomic mass is 32.1. The van der Waals surface area contributed by atoms with E-state index in [0.29, 0.717) is 24.1 Å². The molecule has 1 fully saturated rings. The monoisotopic (exact) mass is 392 g/mol. The third-order valence-corrected chi connectivity index (χ3v) is 6.00. The molecule has 7 heteroatoms. The largest absolute Gasteiger partial charge is 0.361 e. The highest BCUT2D eigenvalue weighted by molar-refractivity contribution is 7.08. The van der Waals surface area contributed by atoms with Gasteiger partial charge in [0, 0.05) is 53.1 Å². The number of aromatic amines is 1. The van der Waals surface area contributed by atoms with E-state index in [0.717, 1.165) is 48.0 Å². The van der Waals surface area contributed by atoms with Crippen LogP contribution in [0.4, 0.5) is 0 Å². The van der Waals surface area contributed by atoms with Crippen LogP contribution in [-0.2, 0) is 6.42 Å². The van der Waals surface area contributed by atoms with Gasteiger partial charge in [0.1, 0.15) is 0 Å². The Morgan fingerprint density at radius 1 is 1.32 bits per heavy atom. The third kappa shape index (κ3) is 3.33. The molecule has 0 spiro atoms. The summed E-state index contributed by atoms with van der Waals surface area (Å²) in [5, 5.41) is 9.16. The molecule has 6 nitrogen and oxygen atoms in total. The number of thiophene rings is 1. The van der Waals surface area contributed by atoms with Gasteiger partial charge in [0.05, 0.1) is 0 Å². The van der Waals surface area contributed by atoms with Crippen molar-refractivity contribution in [2.45, 2.75) is 19.3 Å². The quantitative estimate of drug-likeness (QED) is 0.559. The molecule has 0 unspecified atom stereocenters. The second kappa shape index (κ2) is 7.24. The molecule has 1 atom stereocenters. The number of benzene rings is 1. The van der Waals surface area contributed by atoms with Crippen LogP contribution < -0.4 is 0 Å². The van der Waals surface area contributed by atoms with Crippen molar-refractivity contribution in [2.24, 2.45) is 5.92 Å². The number of hydrogen-bond acceptors (Lipinski definition) is 5. The molecule has 4 aromatic rings. The van der Waals surface area contributed by atoms with Gasteiger partial charge in [-0.2, -0.15) is 16.3 Å². The lowest BCUT2D eigenvalue weighted by molar-refractivity contribution is 0.0668. The number of rotatable bonds is 4. The number of likely N-dealkylation sites (tertiary alicyclic amines) is 1. The van der Waals surface area contributed by atoms with Gasteiger partial charge in [-0.25, -0.2) is 0 Å². The smallest absolute Gasteiger partial charge is 0.253 e. The Morgan fingerprint density at radius 3 is 3.18 bits per heavy atom. The van der Waals surface area contributed by atoms with E-state index in [-0.39, 0.29) is 5.91 Å². The maximum atomic E-state index is 13.0. The van der Waals surface area contributed by atoms with E-state index in [2.05, 4.69) is 15.1 Å². The molecule has 1 saturated heterocycles. The molecule has 0 aliphatic carbocycles. The number of carbonyl (C=O) groups excluding carboxylic acids is 1. The minimum atomic E-state index is 0.0947. The topological polar surface area (TPSA) is 75.0 Å². The molecule has 1 N–H and O–H groups in total. The maximum absolute atomic E-state index is 13.0. The van der Waals surface area contributed by atoms with E-state index in [9.17, 15) is 4.79 Å². The van der Waals surface area contributed by atoms with Crippen LogP contribution in [0.1, 0.15) is 29.1 Å². The number of amides is 1. The Kier molecular flexibility index (Phi) is 4.44. The summed E-state index contributed by atoms with van der Waals surface area (Å²) in [6, 6.07) is 9.81. The lowest BCUT2D eigenvalue weighted by Gasteiger charge is -2.32. The molecule has 1 aromatic carbocycles. The molecule has 0 bridgehead atoms. The second-order valence-corrected chi connectivity index (χ2v) is 8.05. The molecular formula is C21H20N4O2S. The number of fused-ring (bicyclic) bond motifs is 1. The van der Waals surface area contributed by atoms with Crippen LogP contribution in [0, 0.1) is 5.92 Å². The van der Waals surface area contributed by atoms with Crippen LogP contribution in [0.3, 0.4) is 0 Å². The first-order chi connectivity index (χ1) is 13.8. The Bertz CT molecular complexity index is 1100. The van der Waals surface area contributed by atoms with Gasteiger partial charge in [0.25, 0.3) is 5.91 Å². The summed E-state index contributed by atoms with van der Waals surface area (Å²) < 4.78 is 5.45. The van der Waals surface area contributed by atoms with E-state index in [1.807, 2.05) is 52.2 Å². The van der Waals surface area contributed by atoms with Crippen molar-refractivity contribution in [2.75, 3.05) is 13.1 Å². The average molecular weight is 392 g/mol. The molecule has 1 aliphatic heterocycles. The van der Waals surface area contributed by atoms with Gasteiger partial charge in [0.2, 0.25) is 11.7 Å². The zero-order chi connectivity index (χ0) is 18.9. The van der Waals surface area contributed by atoms with Gasteiger partial charge in [-0.05, 0) is 54.5 Å². The summed E-state index contributed by atoms with van der Waals surface area (Å²) in [4.78, 5) is 22.6. The summed E-state index contributed by atoms with van der Waals surface area (Å²) in [7, 11) is 0. The van der Waals surface area contributed by atoms with Crippen molar-refractivity contribution in [1.29, 1.82) is 0 Å². The van der Waals surface area contributed by atoms with Crippen molar-refractivity contribution in [3.8, 4) is 11.4 Å². The Balaban J connectivity index is 1.27. The van der Waals surface area contributed by atoms with Gasteiger partial charge in [-0.15, -0.1) is 0 Å².